The van der Waals surface area contributed by atoms with Gasteiger partial charge in [-0.15, -0.1) is 0 Å². The molecule has 110 valence electrons. The van der Waals surface area contributed by atoms with Crippen molar-refractivity contribution in [2.24, 2.45) is 0 Å². The fourth-order valence-corrected chi connectivity index (χ4v) is 1.92. The Morgan fingerprint density at radius 1 is 1.38 bits per heavy atom. The Kier molecular flexibility index (Phi) is 4.84. The minimum absolute atomic E-state index is 0.148. The molecule has 1 aromatic heterocycles. The number of pyridine rings is 1. The van der Waals surface area contributed by atoms with E-state index in [0.29, 0.717) is 18.1 Å². The molecular formula is C15H16FN3O2. The van der Waals surface area contributed by atoms with Gasteiger partial charge >= 0.3 is 0 Å². The smallest absolute Gasteiger partial charge is 0.259 e. The molecular weight excluding hydrogens is 273 g/mol. The van der Waals surface area contributed by atoms with E-state index >= 15 is 0 Å². The summed E-state index contributed by atoms with van der Waals surface area (Å²) in [6, 6.07) is 8.40. The van der Waals surface area contributed by atoms with Crippen LogP contribution in [0.1, 0.15) is 15.9 Å². The van der Waals surface area contributed by atoms with Gasteiger partial charge in [-0.05, 0) is 23.8 Å². The fraction of sp³-hybridized carbons (Fsp3) is 0.200. The fourth-order valence-electron chi connectivity index (χ4n) is 1.92. The second-order valence-electron chi connectivity index (χ2n) is 4.39. The maximum absolute atomic E-state index is 13.3. The first-order chi connectivity index (χ1) is 10.1. The summed E-state index contributed by atoms with van der Waals surface area (Å²) in [6.07, 6.45) is 1.06. The Balaban J connectivity index is 2.21. The zero-order valence-electron chi connectivity index (χ0n) is 11.8. The van der Waals surface area contributed by atoms with E-state index in [2.05, 4.69) is 15.6 Å². The van der Waals surface area contributed by atoms with Crippen molar-refractivity contribution in [3.8, 4) is 0 Å². The van der Waals surface area contributed by atoms with Gasteiger partial charge in [0.25, 0.3) is 5.91 Å². The van der Waals surface area contributed by atoms with E-state index in [1.54, 1.807) is 26.3 Å². The van der Waals surface area contributed by atoms with Gasteiger partial charge in [-0.3, -0.25) is 4.79 Å². The molecule has 1 amide bonds. The van der Waals surface area contributed by atoms with Crippen LogP contribution in [-0.4, -0.2) is 25.0 Å². The number of methoxy groups -OCH3 is 1. The molecule has 6 heteroatoms. The minimum atomic E-state index is -0.563. The first-order valence-electron chi connectivity index (χ1n) is 6.36. The molecule has 21 heavy (non-hydrogen) atoms. The average molecular weight is 289 g/mol. The third-order valence-corrected chi connectivity index (χ3v) is 2.83. The van der Waals surface area contributed by atoms with Crippen molar-refractivity contribution in [2.75, 3.05) is 24.8 Å². The molecule has 0 aliphatic heterocycles. The lowest BCUT2D eigenvalue weighted by Crippen LogP contribution is -2.15. The van der Waals surface area contributed by atoms with E-state index in [1.165, 1.54) is 0 Å². The van der Waals surface area contributed by atoms with Crippen LogP contribution in [-0.2, 0) is 11.3 Å². The summed E-state index contributed by atoms with van der Waals surface area (Å²) in [5.41, 5.74) is 1.69. The topological polar surface area (TPSA) is 63.2 Å². The Bertz CT molecular complexity index is 647. The molecule has 0 aliphatic carbocycles. The van der Waals surface area contributed by atoms with Gasteiger partial charge < -0.3 is 15.4 Å². The first-order valence-corrected chi connectivity index (χ1v) is 6.36. The van der Waals surface area contributed by atoms with Crippen molar-refractivity contribution in [1.82, 2.24) is 4.98 Å². The predicted octanol–water partition coefficient (Wildman–Crippen LogP) is 2.66. The number of hydrogen-bond donors (Lipinski definition) is 2. The summed E-state index contributed by atoms with van der Waals surface area (Å²) >= 11 is 0. The number of benzene rings is 1. The number of ether oxygens (including phenoxy) is 1. The molecule has 0 atom stereocenters. The average Bonchev–Trinajstić information content (AvgIpc) is 2.48. The molecule has 1 aromatic carbocycles. The lowest BCUT2D eigenvalue weighted by Gasteiger charge is -2.10. The molecule has 2 rings (SSSR count). The summed E-state index contributed by atoms with van der Waals surface area (Å²) < 4.78 is 18.3. The van der Waals surface area contributed by atoms with Crippen LogP contribution in [0.5, 0.6) is 0 Å². The second-order valence-corrected chi connectivity index (χ2v) is 4.39. The zero-order valence-corrected chi connectivity index (χ0v) is 11.8. The van der Waals surface area contributed by atoms with E-state index in [0.717, 1.165) is 17.8 Å². The van der Waals surface area contributed by atoms with Gasteiger partial charge in [0.1, 0.15) is 11.6 Å². The Hall–Kier alpha value is -2.47. The lowest BCUT2D eigenvalue weighted by atomic mass is 10.2. The van der Waals surface area contributed by atoms with Crippen molar-refractivity contribution in [2.45, 2.75) is 6.61 Å². The number of carbonyl (C=O) groups is 1. The van der Waals surface area contributed by atoms with Crippen LogP contribution in [0.4, 0.5) is 15.9 Å². The third-order valence-electron chi connectivity index (χ3n) is 2.83. The molecule has 2 N–H and O–H groups in total. The van der Waals surface area contributed by atoms with Gasteiger partial charge in [-0.1, -0.05) is 12.1 Å². The van der Waals surface area contributed by atoms with Crippen molar-refractivity contribution < 1.29 is 13.9 Å². The van der Waals surface area contributed by atoms with Crippen molar-refractivity contribution in [3.63, 3.8) is 0 Å². The van der Waals surface area contributed by atoms with Crippen LogP contribution < -0.4 is 10.6 Å². The number of rotatable bonds is 5. The van der Waals surface area contributed by atoms with Crippen LogP contribution in [0.3, 0.4) is 0 Å². The van der Waals surface area contributed by atoms with Crippen molar-refractivity contribution >= 4 is 17.4 Å². The SMILES string of the molecule is CNc1ncc(F)cc1C(=O)Nc1cccc(COC)c1. The number of nitrogens with zero attached hydrogens (tertiary/aromatic N) is 1. The number of anilines is 2. The van der Waals surface area contributed by atoms with Gasteiger partial charge in [0.2, 0.25) is 0 Å². The first kappa shape index (κ1) is 14.9. The van der Waals surface area contributed by atoms with E-state index in [-0.39, 0.29) is 5.56 Å². The summed E-state index contributed by atoms with van der Waals surface area (Å²) in [4.78, 5) is 16.1. The molecule has 0 bridgehead atoms. The molecule has 0 aliphatic rings. The molecule has 0 saturated heterocycles. The highest BCUT2D eigenvalue weighted by Gasteiger charge is 2.13. The molecule has 5 nitrogen and oxygen atoms in total. The van der Waals surface area contributed by atoms with Crippen LogP contribution in [0, 0.1) is 5.82 Å². The summed E-state index contributed by atoms with van der Waals surface area (Å²) in [7, 11) is 3.22. The van der Waals surface area contributed by atoms with Crippen molar-refractivity contribution in [3.05, 3.63) is 53.5 Å². The Morgan fingerprint density at radius 3 is 2.90 bits per heavy atom. The van der Waals surface area contributed by atoms with Crippen molar-refractivity contribution in [1.29, 1.82) is 0 Å². The molecule has 2 aromatic rings. The molecule has 0 unspecified atom stereocenters. The summed E-state index contributed by atoms with van der Waals surface area (Å²) in [6.45, 7) is 0.451. The molecule has 1 heterocycles. The van der Waals surface area contributed by atoms with Crippen LogP contribution in [0.15, 0.2) is 36.5 Å². The maximum atomic E-state index is 13.3. The Morgan fingerprint density at radius 2 is 2.19 bits per heavy atom. The third kappa shape index (κ3) is 3.76. The standard InChI is InChI=1S/C15H16FN3O2/c1-17-14-13(7-11(16)8-18-14)15(20)19-12-5-3-4-10(6-12)9-21-2/h3-8H,9H2,1-2H3,(H,17,18)(H,19,20). The number of aromatic nitrogens is 1. The highest BCUT2D eigenvalue weighted by molar-refractivity contribution is 6.07. The lowest BCUT2D eigenvalue weighted by molar-refractivity contribution is 0.102. The minimum Gasteiger partial charge on any atom is -0.380 e. The van der Waals surface area contributed by atoms with Crippen LogP contribution >= 0.6 is 0 Å². The number of halogens is 1. The normalized spacial score (nSPS) is 10.2. The summed E-state index contributed by atoms with van der Waals surface area (Å²) in [5, 5.41) is 5.48. The van der Waals surface area contributed by atoms with E-state index in [9.17, 15) is 9.18 Å². The van der Waals surface area contributed by atoms with E-state index in [1.807, 2.05) is 12.1 Å². The molecule has 0 spiro atoms. The Labute approximate surface area is 122 Å². The quantitative estimate of drug-likeness (QED) is 0.888. The van der Waals surface area contributed by atoms with Gasteiger partial charge in [-0.25, -0.2) is 9.37 Å². The predicted molar refractivity (Wildman–Crippen MR) is 78.8 cm³/mol. The van der Waals surface area contributed by atoms with Gasteiger partial charge in [0, 0.05) is 19.8 Å². The largest absolute Gasteiger partial charge is 0.380 e. The van der Waals surface area contributed by atoms with Gasteiger partial charge in [0.05, 0.1) is 18.4 Å². The summed E-state index contributed by atoms with van der Waals surface area (Å²) in [5.74, 6) is -0.671. The van der Waals surface area contributed by atoms with Crippen LogP contribution in [0.2, 0.25) is 0 Å². The van der Waals surface area contributed by atoms with Gasteiger partial charge in [-0.2, -0.15) is 0 Å². The highest BCUT2D eigenvalue weighted by atomic mass is 19.1. The number of carbonyl (C=O) groups excluding carboxylic acids is 1. The molecule has 0 fully saturated rings. The second kappa shape index (κ2) is 6.81. The maximum Gasteiger partial charge on any atom is 0.259 e. The van der Waals surface area contributed by atoms with E-state index in [4.69, 9.17) is 4.74 Å². The number of nitrogens with one attached hydrogen (secondary N) is 2. The highest BCUT2D eigenvalue weighted by Crippen LogP contribution is 2.17. The van der Waals surface area contributed by atoms with Gasteiger partial charge in [0.15, 0.2) is 0 Å². The number of amides is 1. The zero-order chi connectivity index (χ0) is 15.2. The molecule has 0 radical (unpaired) electrons. The molecule has 0 saturated carbocycles. The number of hydrogen-bond acceptors (Lipinski definition) is 4. The monoisotopic (exact) mass is 289 g/mol. The van der Waals surface area contributed by atoms with E-state index < -0.39 is 11.7 Å². The van der Waals surface area contributed by atoms with Crippen LogP contribution in [0.25, 0.3) is 0 Å².